The monoisotopic (exact) mass is 233 g/mol. The summed E-state index contributed by atoms with van der Waals surface area (Å²) in [5, 5.41) is 0.431. The molecule has 1 aromatic heterocycles. The zero-order valence-electron chi connectivity index (χ0n) is 9.18. The van der Waals surface area contributed by atoms with Crippen LogP contribution in [0.15, 0.2) is 36.7 Å². The van der Waals surface area contributed by atoms with Crippen LogP contribution in [0, 0.1) is 0 Å². The minimum absolute atomic E-state index is 0.431. The topological polar surface area (TPSA) is 29.0 Å². The summed E-state index contributed by atoms with van der Waals surface area (Å²) in [6, 6.07) is 8.04. The zero-order valence-corrected chi connectivity index (χ0v) is 9.94. The van der Waals surface area contributed by atoms with E-state index in [0.29, 0.717) is 5.15 Å². The van der Waals surface area contributed by atoms with E-state index in [-0.39, 0.29) is 0 Å². The molecule has 1 heterocycles. The second-order valence-electron chi connectivity index (χ2n) is 3.64. The summed E-state index contributed by atoms with van der Waals surface area (Å²) < 4.78 is 0. The van der Waals surface area contributed by atoms with Crippen molar-refractivity contribution in [1.82, 2.24) is 9.97 Å². The summed E-state index contributed by atoms with van der Waals surface area (Å²) in [5.41, 5.74) is 2.84. The predicted octanol–water partition coefficient (Wildman–Crippen LogP) is 2.86. The number of rotatable bonds is 2. The van der Waals surface area contributed by atoms with Crippen LogP contribution in [0.3, 0.4) is 0 Å². The summed E-state index contributed by atoms with van der Waals surface area (Å²) in [7, 11) is 4.01. The maximum absolute atomic E-state index is 5.98. The Hall–Kier alpha value is -1.61. The van der Waals surface area contributed by atoms with Gasteiger partial charge in [0.05, 0.1) is 0 Å². The molecule has 2 aromatic rings. The van der Waals surface area contributed by atoms with Crippen molar-refractivity contribution in [3.63, 3.8) is 0 Å². The van der Waals surface area contributed by atoms with Gasteiger partial charge in [0.15, 0.2) is 5.15 Å². The second kappa shape index (κ2) is 4.49. The van der Waals surface area contributed by atoms with E-state index in [1.807, 2.05) is 43.3 Å². The van der Waals surface area contributed by atoms with Crippen LogP contribution in [0.5, 0.6) is 0 Å². The van der Waals surface area contributed by atoms with E-state index in [0.717, 1.165) is 16.9 Å². The molecule has 1 aromatic carbocycles. The largest absolute Gasteiger partial charge is 0.378 e. The van der Waals surface area contributed by atoms with Gasteiger partial charge in [0.25, 0.3) is 0 Å². The SMILES string of the molecule is CN(C)c1ccc(-c2nccnc2Cl)cc1. The number of anilines is 1. The Balaban J connectivity index is 2.39. The van der Waals surface area contributed by atoms with E-state index < -0.39 is 0 Å². The number of halogens is 1. The molecule has 0 unspecified atom stereocenters. The molecule has 0 atom stereocenters. The first-order valence-electron chi connectivity index (χ1n) is 4.93. The van der Waals surface area contributed by atoms with Gasteiger partial charge >= 0.3 is 0 Å². The lowest BCUT2D eigenvalue weighted by Crippen LogP contribution is -2.07. The summed E-state index contributed by atoms with van der Waals surface area (Å²) in [6.45, 7) is 0. The summed E-state index contributed by atoms with van der Waals surface area (Å²) in [4.78, 5) is 10.3. The predicted molar refractivity (Wildman–Crippen MR) is 66.8 cm³/mol. The molecule has 4 heteroatoms. The van der Waals surface area contributed by atoms with Gasteiger partial charge in [0, 0.05) is 37.7 Å². The normalized spacial score (nSPS) is 10.2. The van der Waals surface area contributed by atoms with Crippen molar-refractivity contribution in [1.29, 1.82) is 0 Å². The standard InChI is InChI=1S/C12H12ClN3/c1-16(2)10-5-3-9(4-6-10)11-12(13)15-8-7-14-11/h3-8H,1-2H3. The number of hydrogen-bond acceptors (Lipinski definition) is 3. The van der Waals surface area contributed by atoms with Crippen molar-refractivity contribution in [2.24, 2.45) is 0 Å². The van der Waals surface area contributed by atoms with Crippen LogP contribution in [0.4, 0.5) is 5.69 Å². The van der Waals surface area contributed by atoms with Gasteiger partial charge in [-0.15, -0.1) is 0 Å². The highest BCUT2D eigenvalue weighted by atomic mass is 35.5. The first-order chi connectivity index (χ1) is 7.68. The number of aromatic nitrogens is 2. The van der Waals surface area contributed by atoms with Gasteiger partial charge in [-0.25, -0.2) is 4.98 Å². The van der Waals surface area contributed by atoms with Gasteiger partial charge in [-0.2, -0.15) is 0 Å². The van der Waals surface area contributed by atoms with Crippen LogP contribution in [-0.2, 0) is 0 Å². The van der Waals surface area contributed by atoms with E-state index in [2.05, 4.69) is 9.97 Å². The first kappa shape index (κ1) is 10.9. The molecule has 3 nitrogen and oxygen atoms in total. The molecule has 0 radical (unpaired) electrons. The molecule has 82 valence electrons. The molecular weight excluding hydrogens is 222 g/mol. The molecule has 0 fully saturated rings. The molecule has 0 aliphatic heterocycles. The summed E-state index contributed by atoms with van der Waals surface area (Å²) >= 11 is 5.98. The average molecular weight is 234 g/mol. The molecule has 0 bridgehead atoms. The van der Waals surface area contributed by atoms with Crippen molar-refractivity contribution in [2.75, 3.05) is 19.0 Å². The fourth-order valence-electron chi connectivity index (χ4n) is 1.43. The Morgan fingerprint density at radius 2 is 1.62 bits per heavy atom. The Kier molecular flexibility index (Phi) is 3.06. The van der Waals surface area contributed by atoms with Crippen LogP contribution < -0.4 is 4.90 Å². The highest BCUT2D eigenvalue weighted by Crippen LogP contribution is 2.25. The molecule has 16 heavy (non-hydrogen) atoms. The lowest BCUT2D eigenvalue weighted by atomic mass is 10.1. The van der Waals surface area contributed by atoms with Crippen molar-refractivity contribution >= 4 is 17.3 Å². The smallest absolute Gasteiger partial charge is 0.155 e. The maximum atomic E-state index is 5.98. The zero-order chi connectivity index (χ0) is 11.5. The minimum Gasteiger partial charge on any atom is -0.378 e. The molecule has 2 rings (SSSR count). The Morgan fingerprint density at radius 1 is 1.00 bits per heavy atom. The Morgan fingerprint density at radius 3 is 2.19 bits per heavy atom. The van der Waals surface area contributed by atoms with E-state index in [4.69, 9.17) is 11.6 Å². The molecule has 0 aliphatic rings. The molecule has 0 aliphatic carbocycles. The maximum Gasteiger partial charge on any atom is 0.155 e. The quantitative estimate of drug-likeness (QED) is 0.799. The van der Waals surface area contributed by atoms with Crippen molar-refractivity contribution in [2.45, 2.75) is 0 Å². The highest BCUT2D eigenvalue weighted by Gasteiger charge is 2.05. The van der Waals surface area contributed by atoms with Gasteiger partial charge in [0.2, 0.25) is 0 Å². The van der Waals surface area contributed by atoms with E-state index >= 15 is 0 Å². The molecule has 0 N–H and O–H groups in total. The van der Waals surface area contributed by atoms with Crippen molar-refractivity contribution < 1.29 is 0 Å². The first-order valence-corrected chi connectivity index (χ1v) is 5.30. The van der Waals surface area contributed by atoms with Crippen molar-refractivity contribution in [3.8, 4) is 11.3 Å². The minimum atomic E-state index is 0.431. The van der Waals surface area contributed by atoms with Crippen LogP contribution in [0.2, 0.25) is 5.15 Å². The molecular formula is C12H12ClN3. The van der Waals surface area contributed by atoms with Crippen molar-refractivity contribution in [3.05, 3.63) is 41.8 Å². The lowest BCUT2D eigenvalue weighted by Gasteiger charge is -2.12. The van der Waals surface area contributed by atoms with Crippen LogP contribution in [0.25, 0.3) is 11.3 Å². The summed E-state index contributed by atoms with van der Waals surface area (Å²) in [6.07, 6.45) is 3.22. The Bertz CT molecular complexity index is 480. The van der Waals surface area contributed by atoms with Crippen LogP contribution in [0.1, 0.15) is 0 Å². The number of benzene rings is 1. The summed E-state index contributed by atoms with van der Waals surface area (Å²) in [5.74, 6) is 0. The van der Waals surface area contributed by atoms with E-state index in [1.165, 1.54) is 0 Å². The number of nitrogens with zero attached hydrogens (tertiary/aromatic N) is 3. The Labute approximate surface area is 99.7 Å². The van der Waals surface area contributed by atoms with Gasteiger partial charge in [-0.05, 0) is 12.1 Å². The fourth-order valence-corrected chi connectivity index (χ4v) is 1.65. The molecule has 0 saturated heterocycles. The third kappa shape index (κ3) is 2.14. The highest BCUT2D eigenvalue weighted by molar-refractivity contribution is 6.31. The van der Waals surface area contributed by atoms with E-state index in [1.54, 1.807) is 12.4 Å². The third-order valence-electron chi connectivity index (χ3n) is 2.31. The van der Waals surface area contributed by atoms with Crippen LogP contribution >= 0.6 is 11.6 Å². The van der Waals surface area contributed by atoms with Gasteiger partial charge in [-0.1, -0.05) is 23.7 Å². The van der Waals surface area contributed by atoms with E-state index in [9.17, 15) is 0 Å². The van der Waals surface area contributed by atoms with Crippen LogP contribution in [-0.4, -0.2) is 24.1 Å². The molecule has 0 amide bonds. The number of hydrogen-bond donors (Lipinski definition) is 0. The third-order valence-corrected chi connectivity index (χ3v) is 2.59. The molecule has 0 saturated carbocycles. The average Bonchev–Trinajstić information content (AvgIpc) is 2.30. The second-order valence-corrected chi connectivity index (χ2v) is 4.00. The van der Waals surface area contributed by atoms with Gasteiger partial charge < -0.3 is 4.90 Å². The van der Waals surface area contributed by atoms with Gasteiger partial charge in [-0.3, -0.25) is 4.98 Å². The molecule has 0 spiro atoms. The lowest BCUT2D eigenvalue weighted by molar-refractivity contribution is 1.13. The fraction of sp³-hybridized carbons (Fsp3) is 0.167. The van der Waals surface area contributed by atoms with Gasteiger partial charge in [0.1, 0.15) is 5.69 Å².